The Hall–Kier alpha value is -0.930. The molecule has 0 bridgehead atoms. The van der Waals surface area contributed by atoms with E-state index >= 15 is 0 Å². The summed E-state index contributed by atoms with van der Waals surface area (Å²) in [7, 11) is 2.15. The zero-order valence-corrected chi connectivity index (χ0v) is 9.74. The molecule has 0 aliphatic heterocycles. The normalized spacial score (nSPS) is 10.9. The molecule has 0 fully saturated rings. The maximum absolute atomic E-state index is 4.25. The van der Waals surface area contributed by atoms with E-state index in [0.717, 1.165) is 31.9 Å². The minimum Gasteiger partial charge on any atom is -0.311 e. The van der Waals surface area contributed by atoms with Gasteiger partial charge in [-0.3, -0.25) is 4.98 Å². The van der Waals surface area contributed by atoms with E-state index in [4.69, 9.17) is 0 Å². The molecule has 1 rings (SSSR count). The summed E-state index contributed by atoms with van der Waals surface area (Å²) in [4.78, 5) is 6.58. The van der Waals surface area contributed by atoms with Gasteiger partial charge in [0, 0.05) is 12.7 Å². The highest BCUT2D eigenvalue weighted by Gasteiger charge is 1.94. The molecule has 0 atom stereocenters. The molecule has 1 N–H and O–H groups in total. The maximum Gasteiger partial charge on any atom is 0.0541 e. The Kier molecular flexibility index (Phi) is 5.97. The summed E-state index contributed by atoms with van der Waals surface area (Å²) in [6, 6.07) is 6.01. The fourth-order valence-electron chi connectivity index (χ4n) is 1.35. The quantitative estimate of drug-likeness (QED) is 0.687. The number of rotatable bonds is 7. The van der Waals surface area contributed by atoms with Gasteiger partial charge < -0.3 is 10.2 Å². The van der Waals surface area contributed by atoms with Crippen molar-refractivity contribution in [2.75, 3.05) is 26.7 Å². The third kappa shape index (κ3) is 5.50. The van der Waals surface area contributed by atoms with Crippen LogP contribution in [0.4, 0.5) is 0 Å². The molecule has 0 amide bonds. The molecule has 0 aromatic carbocycles. The Labute approximate surface area is 92.5 Å². The third-order valence-corrected chi connectivity index (χ3v) is 2.47. The van der Waals surface area contributed by atoms with Gasteiger partial charge in [0.05, 0.1) is 5.69 Å². The van der Waals surface area contributed by atoms with Crippen LogP contribution in [-0.2, 0) is 6.54 Å². The Morgan fingerprint density at radius 3 is 2.93 bits per heavy atom. The average molecular weight is 207 g/mol. The second-order valence-electron chi connectivity index (χ2n) is 3.75. The highest BCUT2D eigenvalue weighted by molar-refractivity contribution is 5.02. The van der Waals surface area contributed by atoms with Crippen molar-refractivity contribution in [2.24, 2.45) is 0 Å². The molecule has 0 unspecified atom stereocenters. The van der Waals surface area contributed by atoms with E-state index in [-0.39, 0.29) is 0 Å². The summed E-state index contributed by atoms with van der Waals surface area (Å²) in [5, 5.41) is 3.39. The first kappa shape index (κ1) is 12.1. The van der Waals surface area contributed by atoms with Crippen molar-refractivity contribution in [3.8, 4) is 0 Å². The highest BCUT2D eigenvalue weighted by Crippen LogP contribution is 1.92. The standard InChI is InChI=1S/C12H21N3/c1-3-15(2)10-6-8-13-11-12-7-4-5-9-14-12/h4-5,7,9,13H,3,6,8,10-11H2,1-2H3. The summed E-state index contributed by atoms with van der Waals surface area (Å²) in [5.74, 6) is 0. The molecule has 3 heteroatoms. The Bertz CT molecular complexity index is 248. The Morgan fingerprint density at radius 2 is 2.27 bits per heavy atom. The van der Waals surface area contributed by atoms with Gasteiger partial charge in [0.15, 0.2) is 0 Å². The van der Waals surface area contributed by atoms with Gasteiger partial charge in [-0.2, -0.15) is 0 Å². The van der Waals surface area contributed by atoms with Gasteiger partial charge in [-0.1, -0.05) is 13.0 Å². The molecule has 1 aromatic rings. The SMILES string of the molecule is CCN(C)CCCNCc1ccccn1. The van der Waals surface area contributed by atoms with E-state index in [1.165, 1.54) is 6.42 Å². The van der Waals surface area contributed by atoms with Crippen LogP contribution >= 0.6 is 0 Å². The molecule has 0 aliphatic carbocycles. The number of hydrogen-bond acceptors (Lipinski definition) is 3. The van der Waals surface area contributed by atoms with E-state index in [0.29, 0.717) is 0 Å². The van der Waals surface area contributed by atoms with Crippen LogP contribution in [0.2, 0.25) is 0 Å². The summed E-state index contributed by atoms with van der Waals surface area (Å²) in [5.41, 5.74) is 1.11. The van der Waals surface area contributed by atoms with Crippen LogP contribution in [0.15, 0.2) is 24.4 Å². The molecule has 84 valence electrons. The van der Waals surface area contributed by atoms with Crippen LogP contribution in [0.1, 0.15) is 19.0 Å². The van der Waals surface area contributed by atoms with Gasteiger partial charge in [-0.05, 0) is 45.2 Å². The van der Waals surface area contributed by atoms with E-state index in [1.54, 1.807) is 0 Å². The van der Waals surface area contributed by atoms with Crippen LogP contribution < -0.4 is 5.32 Å². The van der Waals surface area contributed by atoms with E-state index in [2.05, 4.69) is 29.2 Å². The van der Waals surface area contributed by atoms with Crippen LogP contribution in [0.5, 0.6) is 0 Å². The molecular formula is C12H21N3. The lowest BCUT2D eigenvalue weighted by Crippen LogP contribution is -2.23. The Morgan fingerprint density at radius 1 is 1.40 bits per heavy atom. The fourth-order valence-corrected chi connectivity index (χ4v) is 1.35. The van der Waals surface area contributed by atoms with Crippen LogP contribution in [0, 0.1) is 0 Å². The second kappa shape index (κ2) is 7.37. The lowest BCUT2D eigenvalue weighted by Gasteiger charge is -2.13. The topological polar surface area (TPSA) is 28.2 Å². The highest BCUT2D eigenvalue weighted by atomic mass is 15.1. The zero-order chi connectivity index (χ0) is 10.9. The molecule has 3 nitrogen and oxygen atoms in total. The Balaban J connectivity index is 2.03. The predicted octanol–water partition coefficient (Wildman–Crippen LogP) is 1.51. The van der Waals surface area contributed by atoms with Crippen molar-refractivity contribution >= 4 is 0 Å². The molecule has 1 heterocycles. The molecular weight excluding hydrogens is 186 g/mol. The summed E-state index contributed by atoms with van der Waals surface area (Å²) in [6.45, 7) is 6.39. The van der Waals surface area contributed by atoms with Gasteiger partial charge in [0.2, 0.25) is 0 Å². The van der Waals surface area contributed by atoms with Crippen molar-refractivity contribution < 1.29 is 0 Å². The van der Waals surface area contributed by atoms with Gasteiger partial charge in [0.25, 0.3) is 0 Å². The summed E-state index contributed by atoms with van der Waals surface area (Å²) in [6.07, 6.45) is 3.03. The van der Waals surface area contributed by atoms with Crippen molar-refractivity contribution in [1.29, 1.82) is 0 Å². The van der Waals surface area contributed by atoms with Crippen molar-refractivity contribution in [2.45, 2.75) is 19.9 Å². The zero-order valence-electron chi connectivity index (χ0n) is 9.74. The lowest BCUT2D eigenvalue weighted by molar-refractivity contribution is 0.344. The average Bonchev–Trinajstić information content (AvgIpc) is 2.29. The van der Waals surface area contributed by atoms with Crippen LogP contribution in [0.3, 0.4) is 0 Å². The largest absolute Gasteiger partial charge is 0.311 e. The minimum atomic E-state index is 0.872. The smallest absolute Gasteiger partial charge is 0.0541 e. The predicted molar refractivity (Wildman–Crippen MR) is 63.7 cm³/mol. The second-order valence-corrected chi connectivity index (χ2v) is 3.75. The number of pyridine rings is 1. The molecule has 1 aromatic heterocycles. The van der Waals surface area contributed by atoms with Gasteiger partial charge in [-0.25, -0.2) is 0 Å². The van der Waals surface area contributed by atoms with E-state index < -0.39 is 0 Å². The van der Waals surface area contributed by atoms with Crippen molar-refractivity contribution in [3.05, 3.63) is 30.1 Å². The number of hydrogen-bond donors (Lipinski definition) is 1. The van der Waals surface area contributed by atoms with Crippen LogP contribution in [0.25, 0.3) is 0 Å². The van der Waals surface area contributed by atoms with Gasteiger partial charge >= 0.3 is 0 Å². The summed E-state index contributed by atoms with van der Waals surface area (Å²) >= 11 is 0. The molecule has 0 aliphatic rings. The van der Waals surface area contributed by atoms with E-state index in [1.807, 2.05) is 24.4 Å². The van der Waals surface area contributed by atoms with Crippen molar-refractivity contribution in [3.63, 3.8) is 0 Å². The first-order valence-corrected chi connectivity index (χ1v) is 5.62. The molecule has 0 radical (unpaired) electrons. The fraction of sp³-hybridized carbons (Fsp3) is 0.583. The van der Waals surface area contributed by atoms with Gasteiger partial charge in [0.1, 0.15) is 0 Å². The van der Waals surface area contributed by atoms with Crippen LogP contribution in [-0.4, -0.2) is 36.6 Å². The first-order valence-electron chi connectivity index (χ1n) is 5.62. The monoisotopic (exact) mass is 207 g/mol. The summed E-state index contributed by atoms with van der Waals surface area (Å²) < 4.78 is 0. The number of nitrogens with one attached hydrogen (secondary N) is 1. The maximum atomic E-state index is 4.25. The van der Waals surface area contributed by atoms with Crippen molar-refractivity contribution in [1.82, 2.24) is 15.2 Å². The first-order chi connectivity index (χ1) is 7.33. The molecule has 0 saturated carbocycles. The number of aromatic nitrogens is 1. The molecule has 15 heavy (non-hydrogen) atoms. The van der Waals surface area contributed by atoms with E-state index in [9.17, 15) is 0 Å². The lowest BCUT2D eigenvalue weighted by atomic mass is 10.3. The molecule has 0 saturated heterocycles. The third-order valence-electron chi connectivity index (χ3n) is 2.47. The minimum absolute atomic E-state index is 0.872. The van der Waals surface area contributed by atoms with Gasteiger partial charge in [-0.15, -0.1) is 0 Å². The number of nitrogens with zero attached hydrogens (tertiary/aromatic N) is 2. The molecule has 0 spiro atoms.